The van der Waals surface area contributed by atoms with E-state index in [1.807, 2.05) is 73.6 Å². The second-order valence-corrected chi connectivity index (χ2v) is 9.52. The van der Waals surface area contributed by atoms with Crippen molar-refractivity contribution in [1.29, 1.82) is 5.26 Å². The minimum Gasteiger partial charge on any atom is -0.304 e. The number of amides is 2. The van der Waals surface area contributed by atoms with Crippen molar-refractivity contribution in [3.63, 3.8) is 0 Å². The molecule has 0 aliphatic carbocycles. The molecule has 2 aliphatic rings. The van der Waals surface area contributed by atoms with Crippen molar-refractivity contribution in [2.75, 3.05) is 38.1 Å². The van der Waals surface area contributed by atoms with Crippen LogP contribution in [-0.4, -0.2) is 60.2 Å². The molecule has 2 aromatic rings. The first-order valence-electron chi connectivity index (χ1n) is 11.0. The number of benzene rings is 2. The summed E-state index contributed by atoms with van der Waals surface area (Å²) in [5, 5.41) is 11.7. The van der Waals surface area contributed by atoms with Crippen molar-refractivity contribution in [2.45, 2.75) is 18.6 Å². The Morgan fingerprint density at radius 1 is 1.09 bits per heavy atom. The van der Waals surface area contributed by atoms with Gasteiger partial charge in [-0.25, -0.2) is 5.01 Å². The number of thioether (sulfide) groups is 1. The number of carbonyl (C=O) groups is 2. The standard InChI is InChI=1S/C25H27N5O2S/c1-18-8-10-19(11-9-18)16-22-24(32)30(20-6-4-3-5-7-20)25(33-22)21(17-26)23(31)27-29-14-12-28(2)13-15-29/h3-11,22H,12-16H2,1-2H3,(H,27,31)/b25-21+/t22-/m1/s1. The molecule has 1 N–H and O–H groups in total. The van der Waals surface area contributed by atoms with E-state index in [4.69, 9.17) is 0 Å². The van der Waals surface area contributed by atoms with Crippen molar-refractivity contribution < 1.29 is 9.59 Å². The predicted octanol–water partition coefficient (Wildman–Crippen LogP) is 2.70. The molecule has 1 atom stereocenters. The Labute approximate surface area is 198 Å². The highest BCUT2D eigenvalue weighted by Crippen LogP contribution is 2.41. The van der Waals surface area contributed by atoms with E-state index in [0.29, 0.717) is 30.2 Å². The highest BCUT2D eigenvalue weighted by atomic mass is 32.2. The van der Waals surface area contributed by atoms with E-state index in [1.54, 1.807) is 0 Å². The van der Waals surface area contributed by atoms with E-state index in [2.05, 4.69) is 16.4 Å². The van der Waals surface area contributed by atoms with Crippen LogP contribution in [0.25, 0.3) is 0 Å². The van der Waals surface area contributed by atoms with E-state index >= 15 is 0 Å². The maximum absolute atomic E-state index is 13.5. The molecule has 2 saturated heterocycles. The summed E-state index contributed by atoms with van der Waals surface area (Å²) < 4.78 is 0. The average Bonchev–Trinajstić information content (AvgIpc) is 3.13. The van der Waals surface area contributed by atoms with Gasteiger partial charge in [0.05, 0.1) is 5.25 Å². The minimum atomic E-state index is -0.478. The summed E-state index contributed by atoms with van der Waals surface area (Å²) in [5.41, 5.74) is 5.67. The smallest absolute Gasteiger partial charge is 0.278 e. The van der Waals surface area contributed by atoms with Gasteiger partial charge in [-0.3, -0.25) is 19.9 Å². The van der Waals surface area contributed by atoms with Crippen molar-refractivity contribution in [3.8, 4) is 6.07 Å². The summed E-state index contributed by atoms with van der Waals surface area (Å²) in [5.74, 6) is -0.601. The molecule has 2 amide bonds. The van der Waals surface area contributed by atoms with Crippen LogP contribution >= 0.6 is 11.8 Å². The fourth-order valence-electron chi connectivity index (χ4n) is 3.85. The highest BCUT2D eigenvalue weighted by molar-refractivity contribution is 8.05. The number of hydrogen-bond acceptors (Lipinski definition) is 6. The number of piperazine rings is 1. The lowest BCUT2D eigenvalue weighted by Crippen LogP contribution is -2.53. The number of para-hydroxylation sites is 1. The molecule has 0 saturated carbocycles. The SMILES string of the molecule is Cc1ccc(C[C@H]2S/C(=C(\C#N)C(=O)NN3CCN(C)CC3)N(c3ccccc3)C2=O)cc1. The zero-order chi connectivity index (χ0) is 23.4. The number of aryl methyl sites for hydroxylation is 1. The summed E-state index contributed by atoms with van der Waals surface area (Å²) in [4.78, 5) is 30.3. The molecule has 170 valence electrons. The first-order chi connectivity index (χ1) is 16.0. The van der Waals surface area contributed by atoms with Crippen LogP contribution in [0.2, 0.25) is 0 Å². The molecular formula is C25H27N5O2S. The van der Waals surface area contributed by atoms with Gasteiger partial charge >= 0.3 is 0 Å². The molecule has 0 unspecified atom stereocenters. The number of nitriles is 1. The molecule has 0 radical (unpaired) electrons. The van der Waals surface area contributed by atoms with Gasteiger partial charge in [0, 0.05) is 31.9 Å². The molecule has 4 rings (SSSR count). The Balaban J connectivity index is 1.63. The quantitative estimate of drug-likeness (QED) is 0.545. The van der Waals surface area contributed by atoms with E-state index in [0.717, 1.165) is 24.2 Å². The third-order valence-electron chi connectivity index (χ3n) is 5.82. The Hall–Kier alpha value is -3.12. The van der Waals surface area contributed by atoms with Gasteiger partial charge in [0.2, 0.25) is 5.91 Å². The van der Waals surface area contributed by atoms with Gasteiger partial charge in [-0.05, 0) is 38.1 Å². The average molecular weight is 462 g/mol. The molecule has 7 nitrogen and oxygen atoms in total. The molecule has 0 bridgehead atoms. The third kappa shape index (κ3) is 5.28. The normalized spacial score (nSPS) is 21.1. The van der Waals surface area contributed by atoms with Crippen LogP contribution in [-0.2, 0) is 16.0 Å². The maximum Gasteiger partial charge on any atom is 0.278 e. The zero-order valence-corrected chi connectivity index (χ0v) is 19.6. The summed E-state index contributed by atoms with van der Waals surface area (Å²) in [6.07, 6.45) is 0.523. The maximum atomic E-state index is 13.5. The van der Waals surface area contributed by atoms with Crippen LogP contribution in [0.4, 0.5) is 5.69 Å². The van der Waals surface area contributed by atoms with Crippen LogP contribution < -0.4 is 10.3 Å². The third-order valence-corrected chi connectivity index (χ3v) is 7.09. The topological polar surface area (TPSA) is 79.7 Å². The Morgan fingerprint density at radius 2 is 1.76 bits per heavy atom. The molecule has 8 heteroatoms. The van der Waals surface area contributed by atoms with Gasteiger partial charge in [0.15, 0.2) is 0 Å². The first-order valence-corrected chi connectivity index (χ1v) is 11.8. The molecule has 2 aromatic carbocycles. The van der Waals surface area contributed by atoms with Crippen LogP contribution in [0, 0.1) is 18.3 Å². The molecule has 2 fully saturated rings. The summed E-state index contributed by atoms with van der Waals surface area (Å²) in [6, 6.07) is 19.3. The lowest BCUT2D eigenvalue weighted by atomic mass is 10.1. The van der Waals surface area contributed by atoms with Crippen molar-refractivity contribution >= 4 is 29.3 Å². The van der Waals surface area contributed by atoms with Gasteiger partial charge in [0.1, 0.15) is 16.7 Å². The second-order valence-electron chi connectivity index (χ2n) is 8.33. The van der Waals surface area contributed by atoms with Crippen LogP contribution in [0.3, 0.4) is 0 Å². The Bertz CT molecular complexity index is 1090. The van der Waals surface area contributed by atoms with Crippen LogP contribution in [0.15, 0.2) is 65.2 Å². The zero-order valence-electron chi connectivity index (χ0n) is 18.8. The number of hydrazine groups is 1. The lowest BCUT2D eigenvalue weighted by molar-refractivity contribution is -0.122. The predicted molar refractivity (Wildman–Crippen MR) is 130 cm³/mol. The Kier molecular flexibility index (Phi) is 7.14. The van der Waals surface area contributed by atoms with Crippen molar-refractivity contribution in [2.24, 2.45) is 0 Å². The van der Waals surface area contributed by atoms with Gasteiger partial charge < -0.3 is 4.90 Å². The van der Waals surface area contributed by atoms with Gasteiger partial charge in [-0.1, -0.05) is 59.8 Å². The van der Waals surface area contributed by atoms with E-state index in [9.17, 15) is 14.9 Å². The molecular weight excluding hydrogens is 434 g/mol. The van der Waals surface area contributed by atoms with Gasteiger partial charge in [-0.2, -0.15) is 5.26 Å². The summed E-state index contributed by atoms with van der Waals surface area (Å²) >= 11 is 1.29. The number of likely N-dealkylation sites (N-methyl/N-ethyl adjacent to an activating group) is 1. The Morgan fingerprint density at radius 3 is 2.39 bits per heavy atom. The molecule has 2 aliphatic heterocycles. The molecule has 0 spiro atoms. The van der Waals surface area contributed by atoms with Gasteiger partial charge in [0.25, 0.3) is 5.91 Å². The fourth-order valence-corrected chi connectivity index (χ4v) is 5.16. The van der Waals surface area contributed by atoms with Crippen molar-refractivity contribution in [1.82, 2.24) is 15.3 Å². The largest absolute Gasteiger partial charge is 0.304 e. The number of rotatable bonds is 5. The monoisotopic (exact) mass is 461 g/mol. The summed E-state index contributed by atoms with van der Waals surface area (Å²) in [6.45, 7) is 5.05. The van der Waals surface area contributed by atoms with Crippen molar-refractivity contribution in [3.05, 3.63) is 76.3 Å². The number of anilines is 1. The second kappa shape index (κ2) is 10.2. The number of nitrogens with one attached hydrogen (secondary N) is 1. The van der Waals surface area contributed by atoms with Crippen LogP contribution in [0.5, 0.6) is 0 Å². The first kappa shape index (κ1) is 23.1. The molecule has 33 heavy (non-hydrogen) atoms. The fraction of sp³-hybridized carbons (Fsp3) is 0.320. The lowest BCUT2D eigenvalue weighted by Gasteiger charge is -2.32. The molecule has 0 aromatic heterocycles. The summed E-state index contributed by atoms with van der Waals surface area (Å²) in [7, 11) is 2.04. The minimum absolute atomic E-state index is 0.0393. The van der Waals surface area contributed by atoms with E-state index in [1.165, 1.54) is 16.7 Å². The van der Waals surface area contributed by atoms with Crippen LogP contribution in [0.1, 0.15) is 11.1 Å². The highest BCUT2D eigenvalue weighted by Gasteiger charge is 2.41. The van der Waals surface area contributed by atoms with E-state index < -0.39 is 11.2 Å². The number of hydrogen-bond donors (Lipinski definition) is 1. The molecule has 2 heterocycles. The number of nitrogens with zero attached hydrogens (tertiary/aromatic N) is 4. The van der Waals surface area contributed by atoms with E-state index in [-0.39, 0.29) is 11.5 Å². The van der Waals surface area contributed by atoms with Gasteiger partial charge in [-0.15, -0.1) is 0 Å². The number of carbonyl (C=O) groups excluding carboxylic acids is 2.